The quantitative estimate of drug-likeness (QED) is 0.181. The van der Waals surface area contributed by atoms with Gasteiger partial charge in [0, 0.05) is 6.07 Å². The number of fused-ring (bicyclic) bond motifs is 1. The highest BCUT2D eigenvalue weighted by Gasteiger charge is 2.30. The largest absolute Gasteiger partial charge is 0.424 e. The Morgan fingerprint density at radius 3 is 2.35 bits per heavy atom. The second-order valence-corrected chi connectivity index (χ2v) is 10.7. The van der Waals surface area contributed by atoms with E-state index >= 15 is 0 Å². The zero-order valence-electron chi connectivity index (χ0n) is 21.0. The van der Waals surface area contributed by atoms with Crippen molar-refractivity contribution in [1.82, 2.24) is 4.72 Å². The Kier molecular flexibility index (Phi) is 7.90. The summed E-state index contributed by atoms with van der Waals surface area (Å²) in [6.45, 7) is 5.70. The number of hydrogen-bond acceptors (Lipinski definition) is 6. The fourth-order valence-corrected chi connectivity index (χ4v) is 5.29. The van der Waals surface area contributed by atoms with Gasteiger partial charge in [0.25, 0.3) is 0 Å². The molecule has 0 radical (unpaired) electrons. The third-order valence-electron chi connectivity index (χ3n) is 6.02. The molecule has 7 nitrogen and oxygen atoms in total. The number of hydrogen-bond donors (Lipinski definition) is 1. The molecule has 3 aromatic carbocycles. The van der Waals surface area contributed by atoms with Gasteiger partial charge in [-0.25, -0.2) is 18.0 Å². The maximum absolute atomic E-state index is 13.6. The molecule has 1 N–H and O–H groups in total. The molecule has 192 valence electrons. The highest BCUT2D eigenvalue weighted by Crippen LogP contribution is 2.32. The van der Waals surface area contributed by atoms with Crippen molar-refractivity contribution in [2.45, 2.75) is 51.0 Å². The molecule has 1 atom stereocenters. The Labute approximate surface area is 216 Å². The van der Waals surface area contributed by atoms with Crippen molar-refractivity contribution in [2.24, 2.45) is 0 Å². The van der Waals surface area contributed by atoms with E-state index in [9.17, 15) is 18.0 Å². The molecule has 0 saturated heterocycles. The van der Waals surface area contributed by atoms with Gasteiger partial charge in [0.1, 0.15) is 17.4 Å². The minimum absolute atomic E-state index is 0.0384. The molecule has 1 heterocycles. The summed E-state index contributed by atoms with van der Waals surface area (Å²) in [5, 5.41) is 0.528. The normalized spacial score (nSPS) is 12.4. The van der Waals surface area contributed by atoms with Crippen molar-refractivity contribution in [3.8, 4) is 5.75 Å². The number of esters is 1. The molecule has 0 aliphatic carbocycles. The highest BCUT2D eigenvalue weighted by atomic mass is 32.2. The minimum atomic E-state index is -4.05. The fourth-order valence-electron chi connectivity index (χ4n) is 4.12. The first kappa shape index (κ1) is 26.3. The van der Waals surface area contributed by atoms with Crippen LogP contribution in [0.15, 0.2) is 86.9 Å². The predicted octanol–water partition coefficient (Wildman–Crippen LogP) is 5.38. The number of nitrogens with one attached hydrogen (secondary N) is 1. The Bertz CT molecular complexity index is 1580. The molecule has 4 rings (SSSR count). The summed E-state index contributed by atoms with van der Waals surface area (Å²) in [5.74, 6) is -0.591. The third-order valence-corrected chi connectivity index (χ3v) is 7.46. The molecular weight excluding hydrogens is 490 g/mol. The van der Waals surface area contributed by atoms with Crippen LogP contribution in [0.25, 0.3) is 11.0 Å². The zero-order valence-corrected chi connectivity index (χ0v) is 21.8. The highest BCUT2D eigenvalue weighted by molar-refractivity contribution is 7.89. The summed E-state index contributed by atoms with van der Waals surface area (Å²) >= 11 is 0. The van der Waals surface area contributed by atoms with Gasteiger partial charge < -0.3 is 9.15 Å². The number of carbonyl (C=O) groups excluding carboxylic acids is 1. The van der Waals surface area contributed by atoms with Crippen molar-refractivity contribution >= 4 is 27.0 Å². The second-order valence-electron chi connectivity index (χ2n) is 9.03. The molecule has 0 amide bonds. The molecule has 0 aliphatic rings. The summed E-state index contributed by atoms with van der Waals surface area (Å²) < 4.78 is 40.2. The fraction of sp³-hybridized carbons (Fsp3) is 0.241. The Hall–Kier alpha value is -3.75. The van der Waals surface area contributed by atoms with Gasteiger partial charge >= 0.3 is 11.6 Å². The first-order valence-electron chi connectivity index (χ1n) is 12.1. The first-order valence-corrected chi connectivity index (χ1v) is 13.6. The predicted molar refractivity (Wildman–Crippen MR) is 142 cm³/mol. The van der Waals surface area contributed by atoms with Gasteiger partial charge in [-0.3, -0.25) is 0 Å². The van der Waals surface area contributed by atoms with Crippen LogP contribution in [-0.4, -0.2) is 14.4 Å². The van der Waals surface area contributed by atoms with Crippen LogP contribution in [0.4, 0.5) is 0 Å². The van der Waals surface area contributed by atoms with Crippen LogP contribution >= 0.6 is 0 Å². The molecule has 0 bridgehead atoms. The van der Waals surface area contributed by atoms with E-state index in [1.165, 1.54) is 18.2 Å². The lowest BCUT2D eigenvalue weighted by molar-refractivity contribution is -0.136. The number of aryl methyl sites for hydroxylation is 3. The summed E-state index contributed by atoms with van der Waals surface area (Å²) in [6.07, 6.45) is 2.36. The van der Waals surface area contributed by atoms with E-state index in [-0.39, 0.29) is 10.6 Å². The van der Waals surface area contributed by atoms with Gasteiger partial charge in [-0.15, -0.1) is 0 Å². The molecule has 8 heteroatoms. The molecule has 0 saturated carbocycles. The van der Waals surface area contributed by atoms with Crippen molar-refractivity contribution < 1.29 is 22.4 Å². The SMILES string of the molecule is CCCCc1cc(=O)oc2cc(C)cc(OC(=O)C(NS(=O)(=O)c3ccc(C)cc3)c3ccccc3)c12. The summed E-state index contributed by atoms with van der Waals surface area (Å²) in [4.78, 5) is 25.8. The molecule has 4 aromatic rings. The number of rotatable bonds is 9. The van der Waals surface area contributed by atoms with Gasteiger partial charge in [-0.1, -0.05) is 61.4 Å². The van der Waals surface area contributed by atoms with Crippen molar-refractivity contribution in [1.29, 1.82) is 0 Å². The van der Waals surface area contributed by atoms with Crippen molar-refractivity contribution in [2.75, 3.05) is 0 Å². The molecule has 1 aromatic heterocycles. The monoisotopic (exact) mass is 519 g/mol. The van der Waals surface area contributed by atoms with Crippen LogP contribution in [0.5, 0.6) is 5.75 Å². The van der Waals surface area contributed by atoms with Gasteiger partial charge in [-0.05, 0) is 67.6 Å². The van der Waals surface area contributed by atoms with Crippen molar-refractivity contribution in [3.05, 3.63) is 105 Å². The lowest BCUT2D eigenvalue weighted by Gasteiger charge is -2.19. The number of ether oxygens (including phenoxy) is 1. The maximum atomic E-state index is 13.6. The van der Waals surface area contributed by atoms with E-state index < -0.39 is 27.7 Å². The topological polar surface area (TPSA) is 103 Å². The van der Waals surface area contributed by atoms with Crippen molar-refractivity contribution in [3.63, 3.8) is 0 Å². The van der Waals surface area contributed by atoms with Gasteiger partial charge in [0.15, 0.2) is 0 Å². The van der Waals surface area contributed by atoms with Crippen LogP contribution < -0.4 is 15.1 Å². The average molecular weight is 520 g/mol. The molecule has 37 heavy (non-hydrogen) atoms. The van der Waals surface area contributed by atoms with Gasteiger partial charge in [0.05, 0.1) is 10.3 Å². The molecule has 0 fully saturated rings. The van der Waals surface area contributed by atoms with E-state index in [1.54, 1.807) is 61.5 Å². The first-order chi connectivity index (χ1) is 17.7. The van der Waals surface area contributed by atoms with E-state index in [0.29, 0.717) is 28.5 Å². The molecular formula is C29H29NO6S. The van der Waals surface area contributed by atoms with E-state index in [0.717, 1.165) is 24.0 Å². The maximum Gasteiger partial charge on any atom is 0.336 e. The summed E-state index contributed by atoms with van der Waals surface area (Å²) in [7, 11) is -4.05. The lowest BCUT2D eigenvalue weighted by atomic mass is 10.0. The summed E-state index contributed by atoms with van der Waals surface area (Å²) in [5.41, 5.74) is 2.62. The zero-order chi connectivity index (χ0) is 26.6. The van der Waals surface area contributed by atoms with Crippen LogP contribution in [0.1, 0.15) is 48.1 Å². The average Bonchev–Trinajstić information content (AvgIpc) is 2.86. The van der Waals surface area contributed by atoms with Gasteiger partial charge in [0.2, 0.25) is 10.0 Å². The Balaban J connectivity index is 1.76. The van der Waals surface area contributed by atoms with E-state index in [4.69, 9.17) is 9.15 Å². The van der Waals surface area contributed by atoms with Gasteiger partial charge in [-0.2, -0.15) is 4.72 Å². The standard InChI is InChI=1S/C29H29NO6S/c1-4-5-9-22-18-26(31)35-24-16-20(3)17-25(27(22)24)36-29(32)28(21-10-7-6-8-11-21)30-37(33,34)23-14-12-19(2)13-15-23/h6-8,10-18,28,30H,4-5,9H2,1-3H3. The summed E-state index contributed by atoms with van der Waals surface area (Å²) in [6, 6.07) is 18.4. The number of sulfonamides is 1. The van der Waals surface area contributed by atoms with Crippen LogP contribution in [0.3, 0.4) is 0 Å². The van der Waals surface area contributed by atoms with E-state index in [2.05, 4.69) is 4.72 Å². The lowest BCUT2D eigenvalue weighted by Crippen LogP contribution is -2.36. The number of benzene rings is 3. The number of carbonyl (C=O) groups is 1. The van der Waals surface area contributed by atoms with Crippen LogP contribution in [0, 0.1) is 13.8 Å². The molecule has 0 spiro atoms. The second kappa shape index (κ2) is 11.1. The number of unbranched alkanes of at least 4 members (excludes halogenated alkanes) is 1. The smallest absolute Gasteiger partial charge is 0.336 e. The Morgan fingerprint density at radius 1 is 0.973 bits per heavy atom. The Morgan fingerprint density at radius 2 is 1.68 bits per heavy atom. The van der Waals surface area contributed by atoms with Crippen LogP contribution in [0.2, 0.25) is 0 Å². The minimum Gasteiger partial charge on any atom is -0.424 e. The van der Waals surface area contributed by atoms with Crippen LogP contribution in [-0.2, 0) is 21.2 Å². The third kappa shape index (κ3) is 6.15. The molecule has 1 unspecified atom stereocenters. The van der Waals surface area contributed by atoms with E-state index in [1.807, 2.05) is 13.8 Å². The molecule has 0 aliphatic heterocycles.